The number of hydrogen-bond acceptors (Lipinski definition) is 5. The number of anilines is 1. The predicted octanol–water partition coefficient (Wildman–Crippen LogP) is 1.59. The quantitative estimate of drug-likeness (QED) is 0.851. The highest BCUT2D eigenvalue weighted by atomic mass is 16.5. The van der Waals surface area contributed by atoms with Gasteiger partial charge in [-0.15, -0.1) is 0 Å². The van der Waals surface area contributed by atoms with E-state index in [1.54, 1.807) is 37.3 Å². The van der Waals surface area contributed by atoms with Crippen LogP contribution in [-0.2, 0) is 4.79 Å². The van der Waals surface area contributed by atoms with Crippen LogP contribution in [0.15, 0.2) is 36.5 Å². The Morgan fingerprint density at radius 3 is 2.73 bits per heavy atom. The first-order valence-electron chi connectivity index (χ1n) is 6.78. The Morgan fingerprint density at radius 1 is 1.27 bits per heavy atom. The smallest absolute Gasteiger partial charge is 0.266 e. The fourth-order valence-electron chi connectivity index (χ4n) is 2.52. The largest absolute Gasteiger partial charge is 0.497 e. The van der Waals surface area contributed by atoms with Gasteiger partial charge in [-0.3, -0.25) is 9.59 Å². The van der Waals surface area contributed by atoms with E-state index in [9.17, 15) is 9.59 Å². The van der Waals surface area contributed by atoms with Crippen molar-refractivity contribution in [1.29, 1.82) is 0 Å². The van der Waals surface area contributed by atoms with Gasteiger partial charge in [-0.1, -0.05) is 12.1 Å². The number of fused-ring (bicyclic) bond motifs is 1. The first-order chi connectivity index (χ1) is 10.5. The van der Waals surface area contributed by atoms with Gasteiger partial charge >= 0.3 is 0 Å². The number of ether oxygens (including phenoxy) is 1. The molecule has 3 rings (SSSR count). The minimum atomic E-state index is -0.903. The molecule has 1 aliphatic heterocycles. The molecule has 2 aromatic rings. The number of methoxy groups -OCH3 is 1. The van der Waals surface area contributed by atoms with Crippen LogP contribution in [0.3, 0.4) is 0 Å². The van der Waals surface area contributed by atoms with Gasteiger partial charge in [0, 0.05) is 11.8 Å². The second-order valence-corrected chi connectivity index (χ2v) is 5.05. The Labute approximate surface area is 127 Å². The van der Waals surface area contributed by atoms with Crippen molar-refractivity contribution in [3.63, 3.8) is 0 Å². The number of aryl methyl sites for hydroxylation is 1. The molecule has 6 nitrogen and oxygen atoms in total. The number of carbonyl (C=O) groups excluding carboxylic acids is 2. The average Bonchev–Trinajstić information content (AvgIpc) is 2.54. The zero-order chi connectivity index (χ0) is 15.9. The summed E-state index contributed by atoms with van der Waals surface area (Å²) in [5.41, 5.74) is 7.59. The third-order valence-corrected chi connectivity index (χ3v) is 3.71. The highest BCUT2D eigenvalue weighted by Crippen LogP contribution is 2.32. The van der Waals surface area contributed by atoms with Crippen molar-refractivity contribution in [2.45, 2.75) is 13.0 Å². The van der Waals surface area contributed by atoms with E-state index in [0.717, 1.165) is 10.5 Å². The molecule has 0 saturated carbocycles. The SMILES string of the molecule is COc1ccc2c(c1)C(=O)N(c1ncccc1C)C(=O)C2N. The number of aromatic nitrogens is 1. The van der Waals surface area contributed by atoms with E-state index < -0.39 is 17.9 Å². The molecule has 6 heteroatoms. The molecule has 1 atom stereocenters. The summed E-state index contributed by atoms with van der Waals surface area (Å²) >= 11 is 0. The fourth-order valence-corrected chi connectivity index (χ4v) is 2.52. The summed E-state index contributed by atoms with van der Waals surface area (Å²) in [7, 11) is 1.51. The maximum atomic E-state index is 12.7. The maximum absolute atomic E-state index is 12.7. The zero-order valence-corrected chi connectivity index (χ0v) is 12.2. The lowest BCUT2D eigenvalue weighted by atomic mass is 9.94. The molecule has 0 fully saturated rings. The third kappa shape index (κ3) is 2.05. The molecule has 2 amide bonds. The standard InChI is InChI=1S/C16H15N3O3/c1-9-4-3-7-18-14(9)19-15(20)12-8-10(22-2)5-6-11(12)13(17)16(19)21/h3-8,13H,17H2,1-2H3. The van der Waals surface area contributed by atoms with Crippen LogP contribution in [0.5, 0.6) is 5.75 Å². The summed E-state index contributed by atoms with van der Waals surface area (Å²) in [5, 5.41) is 0. The van der Waals surface area contributed by atoms with Crippen molar-refractivity contribution >= 4 is 17.6 Å². The monoisotopic (exact) mass is 297 g/mol. The number of nitrogens with two attached hydrogens (primary N) is 1. The van der Waals surface area contributed by atoms with E-state index in [0.29, 0.717) is 22.7 Å². The first kappa shape index (κ1) is 14.2. The molecule has 22 heavy (non-hydrogen) atoms. The van der Waals surface area contributed by atoms with Gasteiger partial charge in [-0.25, -0.2) is 9.88 Å². The molecule has 0 bridgehead atoms. The van der Waals surface area contributed by atoms with E-state index >= 15 is 0 Å². The van der Waals surface area contributed by atoms with Gasteiger partial charge in [-0.05, 0) is 36.2 Å². The van der Waals surface area contributed by atoms with E-state index in [2.05, 4.69) is 4.98 Å². The number of hydrogen-bond donors (Lipinski definition) is 1. The van der Waals surface area contributed by atoms with Crippen molar-refractivity contribution in [1.82, 2.24) is 4.98 Å². The zero-order valence-electron chi connectivity index (χ0n) is 12.2. The summed E-state index contributed by atoms with van der Waals surface area (Å²) in [5.74, 6) is -0.0837. The summed E-state index contributed by atoms with van der Waals surface area (Å²) in [6.45, 7) is 1.79. The van der Waals surface area contributed by atoms with Crippen molar-refractivity contribution in [3.05, 3.63) is 53.2 Å². The summed E-state index contributed by atoms with van der Waals surface area (Å²) < 4.78 is 5.14. The Hall–Kier alpha value is -2.73. The van der Waals surface area contributed by atoms with Crippen LogP contribution < -0.4 is 15.4 Å². The van der Waals surface area contributed by atoms with E-state index in [1.807, 2.05) is 0 Å². The molecule has 1 aromatic heterocycles. The van der Waals surface area contributed by atoms with Crippen LogP contribution in [0.2, 0.25) is 0 Å². The van der Waals surface area contributed by atoms with Crippen molar-refractivity contribution < 1.29 is 14.3 Å². The number of rotatable bonds is 2. The van der Waals surface area contributed by atoms with E-state index in [4.69, 9.17) is 10.5 Å². The highest BCUT2D eigenvalue weighted by Gasteiger charge is 2.39. The topological polar surface area (TPSA) is 85.5 Å². The summed E-state index contributed by atoms with van der Waals surface area (Å²) in [4.78, 5) is 30.5. The molecule has 112 valence electrons. The Bertz CT molecular complexity index is 773. The number of imide groups is 1. The van der Waals surface area contributed by atoms with Gasteiger partial charge in [0.2, 0.25) is 0 Å². The van der Waals surface area contributed by atoms with Crippen LogP contribution in [0.25, 0.3) is 0 Å². The van der Waals surface area contributed by atoms with Crippen molar-refractivity contribution in [2.75, 3.05) is 12.0 Å². The van der Waals surface area contributed by atoms with Gasteiger partial charge in [0.25, 0.3) is 11.8 Å². The number of pyridine rings is 1. The Morgan fingerprint density at radius 2 is 2.05 bits per heavy atom. The van der Waals surface area contributed by atoms with Gasteiger partial charge in [0.15, 0.2) is 0 Å². The number of nitrogens with zero attached hydrogens (tertiary/aromatic N) is 2. The molecular formula is C16H15N3O3. The van der Waals surface area contributed by atoms with Crippen LogP contribution in [-0.4, -0.2) is 23.9 Å². The average molecular weight is 297 g/mol. The minimum Gasteiger partial charge on any atom is -0.497 e. The normalized spacial score (nSPS) is 17.4. The third-order valence-electron chi connectivity index (χ3n) is 3.71. The van der Waals surface area contributed by atoms with Gasteiger partial charge in [0.1, 0.15) is 17.6 Å². The predicted molar refractivity (Wildman–Crippen MR) is 80.7 cm³/mol. The number of carbonyl (C=O) groups is 2. The lowest BCUT2D eigenvalue weighted by molar-refractivity contribution is -0.119. The minimum absolute atomic E-state index is 0.307. The molecule has 2 heterocycles. The Balaban J connectivity index is 2.17. The second kappa shape index (κ2) is 5.23. The van der Waals surface area contributed by atoms with Crippen molar-refractivity contribution in [3.8, 4) is 5.75 Å². The van der Waals surface area contributed by atoms with Crippen LogP contribution >= 0.6 is 0 Å². The van der Waals surface area contributed by atoms with E-state index in [-0.39, 0.29) is 0 Å². The van der Waals surface area contributed by atoms with Crippen LogP contribution in [0, 0.1) is 6.92 Å². The van der Waals surface area contributed by atoms with Gasteiger partial charge < -0.3 is 10.5 Å². The molecular weight excluding hydrogens is 282 g/mol. The summed E-state index contributed by atoms with van der Waals surface area (Å²) in [6.07, 6.45) is 1.54. The molecule has 0 radical (unpaired) electrons. The second-order valence-electron chi connectivity index (χ2n) is 5.05. The lowest BCUT2D eigenvalue weighted by Crippen LogP contribution is -2.48. The summed E-state index contributed by atoms with van der Waals surface area (Å²) in [6, 6.07) is 7.55. The molecule has 1 aliphatic rings. The molecule has 0 saturated heterocycles. The molecule has 2 N–H and O–H groups in total. The van der Waals surface area contributed by atoms with E-state index in [1.165, 1.54) is 13.3 Å². The van der Waals surface area contributed by atoms with Crippen molar-refractivity contribution in [2.24, 2.45) is 5.73 Å². The maximum Gasteiger partial charge on any atom is 0.266 e. The highest BCUT2D eigenvalue weighted by molar-refractivity contribution is 6.25. The molecule has 0 aliphatic carbocycles. The molecule has 1 unspecified atom stereocenters. The first-order valence-corrected chi connectivity index (χ1v) is 6.78. The molecule has 1 aromatic carbocycles. The van der Waals surface area contributed by atoms with Gasteiger partial charge in [-0.2, -0.15) is 0 Å². The van der Waals surface area contributed by atoms with Crippen LogP contribution in [0.1, 0.15) is 27.5 Å². The van der Waals surface area contributed by atoms with Gasteiger partial charge in [0.05, 0.1) is 7.11 Å². The fraction of sp³-hybridized carbons (Fsp3) is 0.188. The molecule has 0 spiro atoms. The lowest BCUT2D eigenvalue weighted by Gasteiger charge is -2.30. The Kier molecular flexibility index (Phi) is 3.38. The number of amides is 2. The van der Waals surface area contributed by atoms with Crippen LogP contribution in [0.4, 0.5) is 5.82 Å². The number of benzene rings is 1.